The summed E-state index contributed by atoms with van der Waals surface area (Å²) in [6, 6.07) is 0. The van der Waals surface area contributed by atoms with Crippen LogP contribution < -0.4 is 5.32 Å². The molecule has 0 radical (unpaired) electrons. The van der Waals surface area contributed by atoms with Crippen LogP contribution in [0.1, 0.15) is 71.1 Å². The molecule has 43 heavy (non-hydrogen) atoms. The summed E-state index contributed by atoms with van der Waals surface area (Å²) in [5.41, 5.74) is 8.47. The van der Waals surface area contributed by atoms with Crippen LogP contribution in [0.5, 0.6) is 0 Å². The summed E-state index contributed by atoms with van der Waals surface area (Å²) < 4.78 is 59.2. The van der Waals surface area contributed by atoms with Crippen LogP contribution in [-0.2, 0) is 45.7 Å². The van der Waals surface area contributed by atoms with Crippen LogP contribution in [0.2, 0.25) is 0 Å². The maximum Gasteiger partial charge on any atom is 0.490 e. The van der Waals surface area contributed by atoms with Gasteiger partial charge in [-0.2, -0.15) is 8.62 Å². The molecule has 0 spiro atoms. The summed E-state index contributed by atoms with van der Waals surface area (Å²) >= 11 is 0. The second kappa shape index (κ2) is 17.9. The molecular formula is C22H39N4O14P3. The topological polar surface area (TPSA) is 273 Å². The van der Waals surface area contributed by atoms with E-state index in [0.717, 1.165) is 44.9 Å². The molecule has 2 rings (SSSR count). The number of unbranched alkanes of at least 4 members (excludes halogenated alkanes) is 8. The molecule has 2 heterocycles. The summed E-state index contributed by atoms with van der Waals surface area (Å²) in [5, 5.41) is 15.8. The number of ether oxygens (including phenoxy) is 1. The van der Waals surface area contributed by atoms with Crippen molar-refractivity contribution >= 4 is 35.3 Å². The average molecular weight is 676 g/mol. The van der Waals surface area contributed by atoms with Gasteiger partial charge in [-0.3, -0.25) is 24.0 Å². The van der Waals surface area contributed by atoms with Gasteiger partial charge in [0.1, 0.15) is 6.10 Å². The number of rotatable bonds is 21. The second-order valence-corrected chi connectivity index (χ2v) is 14.7. The quantitative estimate of drug-likeness (QED) is 0.0288. The summed E-state index contributed by atoms with van der Waals surface area (Å²) in [5.74, 6) is -2.14. The number of hydrogen-bond acceptors (Lipinski definition) is 12. The van der Waals surface area contributed by atoms with Crippen LogP contribution >= 0.6 is 23.5 Å². The van der Waals surface area contributed by atoms with Gasteiger partial charge >= 0.3 is 23.5 Å². The molecule has 246 valence electrons. The maximum absolute atomic E-state index is 12.2. The zero-order valence-electron chi connectivity index (χ0n) is 23.6. The Morgan fingerprint density at radius 2 is 1.51 bits per heavy atom. The molecule has 0 aromatic rings. The van der Waals surface area contributed by atoms with Crippen LogP contribution in [0.15, 0.2) is 16.8 Å². The third kappa shape index (κ3) is 14.4. The molecule has 5 N–H and O–H groups in total. The van der Waals surface area contributed by atoms with Crippen LogP contribution in [0, 0.1) is 5.92 Å². The summed E-state index contributed by atoms with van der Waals surface area (Å²) in [6.45, 7) is 0.859. The van der Waals surface area contributed by atoms with Gasteiger partial charge in [0, 0.05) is 23.5 Å². The molecule has 21 heteroatoms. The Kier molecular flexibility index (Phi) is 15.7. The van der Waals surface area contributed by atoms with Gasteiger partial charge in [-0.05, 0) is 25.3 Å². The van der Waals surface area contributed by atoms with E-state index in [1.807, 2.05) is 0 Å². The molecule has 1 fully saturated rings. The first-order valence-corrected chi connectivity index (χ1v) is 18.2. The van der Waals surface area contributed by atoms with Crippen LogP contribution in [0.25, 0.3) is 10.4 Å². The SMILES string of the molecule is CC1=CC([C@H]2C[C@@H](O)[C@@H](COP(=O)(O)OP(=O)(O)OP(=O)(O)OCCCCCCCCCCCN=[N+]=[N-])O2)C(=O)NC1=O. The number of carbonyl (C=O) groups excluding carboxylic acids is 2. The number of carbonyl (C=O) groups is 2. The number of nitrogens with one attached hydrogen (secondary N) is 1. The van der Waals surface area contributed by atoms with Crippen LogP contribution in [0.3, 0.4) is 0 Å². The van der Waals surface area contributed by atoms with Gasteiger partial charge in [0.15, 0.2) is 0 Å². The molecule has 18 nitrogen and oxygen atoms in total. The Labute approximate surface area is 248 Å². The average Bonchev–Trinajstić information content (AvgIpc) is 3.26. The first-order chi connectivity index (χ1) is 20.1. The van der Waals surface area contributed by atoms with Gasteiger partial charge < -0.3 is 24.5 Å². The third-order valence-electron chi connectivity index (χ3n) is 6.52. The van der Waals surface area contributed by atoms with E-state index in [-0.39, 0.29) is 18.6 Å². The van der Waals surface area contributed by atoms with Crippen molar-refractivity contribution in [3.63, 3.8) is 0 Å². The highest BCUT2D eigenvalue weighted by Gasteiger charge is 2.45. The van der Waals surface area contributed by atoms with Crippen molar-refractivity contribution in [2.24, 2.45) is 11.0 Å². The predicted octanol–water partition coefficient (Wildman–Crippen LogP) is 3.91. The molecular weight excluding hydrogens is 637 g/mol. The zero-order chi connectivity index (χ0) is 32.1. The Hall–Kier alpha value is -1.48. The van der Waals surface area contributed by atoms with Crippen LogP contribution in [-0.4, -0.2) is 69.7 Å². The highest BCUT2D eigenvalue weighted by molar-refractivity contribution is 7.66. The van der Waals surface area contributed by atoms with Gasteiger partial charge in [0.05, 0.1) is 31.3 Å². The van der Waals surface area contributed by atoms with Crippen LogP contribution in [0.4, 0.5) is 0 Å². The summed E-state index contributed by atoms with van der Waals surface area (Å²) in [6.07, 6.45) is 5.52. The molecule has 0 aromatic carbocycles. The number of aliphatic hydroxyl groups is 1. The van der Waals surface area contributed by atoms with E-state index in [1.165, 1.54) is 13.0 Å². The van der Waals surface area contributed by atoms with E-state index in [9.17, 15) is 43.1 Å². The first-order valence-electron chi connectivity index (χ1n) is 13.7. The largest absolute Gasteiger partial charge is 0.490 e. The fourth-order valence-corrected chi connectivity index (χ4v) is 7.92. The molecule has 2 aliphatic heterocycles. The number of amides is 2. The first kappa shape index (κ1) is 37.7. The third-order valence-corrected chi connectivity index (χ3v) is 10.8. The van der Waals surface area contributed by atoms with Gasteiger partial charge in [0.25, 0.3) is 5.91 Å². The predicted molar refractivity (Wildman–Crippen MR) is 149 cm³/mol. The fourth-order valence-electron chi connectivity index (χ4n) is 4.37. The van der Waals surface area contributed by atoms with Crippen molar-refractivity contribution in [3.8, 4) is 0 Å². The van der Waals surface area contributed by atoms with Gasteiger partial charge in [-0.25, -0.2) is 13.7 Å². The number of aliphatic hydroxyl groups excluding tert-OH is 1. The minimum absolute atomic E-state index is 0.0887. The minimum Gasteiger partial charge on any atom is -0.390 e. The molecule has 1 saturated heterocycles. The monoisotopic (exact) mass is 676 g/mol. The van der Waals surface area contributed by atoms with Gasteiger partial charge in [-0.1, -0.05) is 56.1 Å². The van der Waals surface area contributed by atoms with E-state index >= 15 is 0 Å². The lowest BCUT2D eigenvalue weighted by Crippen LogP contribution is -2.44. The Morgan fingerprint density at radius 3 is 2.12 bits per heavy atom. The summed E-state index contributed by atoms with van der Waals surface area (Å²) in [7, 11) is -16.2. The number of phosphoric acid groups is 3. The highest BCUT2D eigenvalue weighted by atomic mass is 31.3. The molecule has 4 unspecified atom stereocenters. The van der Waals surface area contributed by atoms with Gasteiger partial charge in [-0.15, -0.1) is 0 Å². The highest BCUT2D eigenvalue weighted by Crippen LogP contribution is 2.67. The minimum atomic E-state index is -5.65. The number of phosphoric ester groups is 2. The van der Waals surface area contributed by atoms with E-state index < -0.39 is 66.1 Å². The van der Waals surface area contributed by atoms with Crippen molar-refractivity contribution in [1.82, 2.24) is 5.32 Å². The van der Waals surface area contributed by atoms with Crippen molar-refractivity contribution in [3.05, 3.63) is 22.1 Å². The molecule has 0 aliphatic carbocycles. The lowest BCUT2D eigenvalue weighted by molar-refractivity contribution is -0.134. The number of azide groups is 1. The smallest absolute Gasteiger partial charge is 0.390 e. The Morgan fingerprint density at radius 1 is 0.953 bits per heavy atom. The second-order valence-electron chi connectivity index (χ2n) is 10.0. The molecule has 7 atom stereocenters. The van der Waals surface area contributed by atoms with E-state index in [4.69, 9.17) is 10.3 Å². The normalized spacial score (nSPS) is 26.5. The standard InChI is InChI=1S/C22H39N4O14P3/c1-16-13-17(22(29)25-21(16)28)19-14-18(27)20(38-19)15-37-42(32,33)40-43(34,35)39-41(30,31)36-12-10-8-6-4-2-3-5-7-9-11-24-26-23/h13,17-20,27H,2-12,14-15H2,1H3,(H,30,31)(H,32,33)(H,34,35)(H,25,28,29)/t17?,18-,19-,20-/m1/s1. The van der Waals surface area contributed by atoms with Crippen molar-refractivity contribution < 1.29 is 65.5 Å². The van der Waals surface area contributed by atoms with Crippen molar-refractivity contribution in [2.45, 2.75) is 89.4 Å². The van der Waals surface area contributed by atoms with Crippen molar-refractivity contribution in [2.75, 3.05) is 19.8 Å². The molecule has 2 aliphatic rings. The van der Waals surface area contributed by atoms with E-state index in [0.29, 0.717) is 19.4 Å². The molecule has 0 saturated carbocycles. The van der Waals surface area contributed by atoms with E-state index in [1.54, 1.807) is 0 Å². The maximum atomic E-state index is 12.2. The number of nitrogens with zero attached hydrogens (tertiary/aromatic N) is 3. The Balaban J connectivity index is 1.67. The lowest BCUT2D eigenvalue weighted by atomic mass is 9.93. The Bertz CT molecular complexity index is 1180. The van der Waals surface area contributed by atoms with E-state index in [2.05, 4.69) is 33.0 Å². The molecule has 0 bridgehead atoms. The molecule has 0 aromatic heterocycles. The fraction of sp³-hybridized carbons (Fsp3) is 0.818. The zero-order valence-corrected chi connectivity index (χ0v) is 26.3. The molecule has 2 amide bonds. The number of imide groups is 1. The lowest BCUT2D eigenvalue weighted by Gasteiger charge is -2.24. The summed E-state index contributed by atoms with van der Waals surface area (Å²) in [4.78, 5) is 55.7. The van der Waals surface area contributed by atoms with Crippen molar-refractivity contribution in [1.29, 1.82) is 0 Å². The van der Waals surface area contributed by atoms with Gasteiger partial charge in [0.2, 0.25) is 5.91 Å². The number of hydrogen-bond donors (Lipinski definition) is 5.